The van der Waals surface area contributed by atoms with Gasteiger partial charge in [0.15, 0.2) is 0 Å². The van der Waals surface area contributed by atoms with Gasteiger partial charge in [0, 0.05) is 6.20 Å². The molecule has 1 aromatic heterocycles. The highest BCUT2D eigenvalue weighted by molar-refractivity contribution is 5.77. The van der Waals surface area contributed by atoms with Crippen molar-refractivity contribution in [3.05, 3.63) is 29.8 Å². The molecule has 3 nitrogen and oxygen atoms in total. The van der Waals surface area contributed by atoms with Crippen LogP contribution in [0.2, 0.25) is 0 Å². The summed E-state index contributed by atoms with van der Waals surface area (Å²) in [6.07, 6.45) is 1.32. The Morgan fingerprint density at radius 2 is 2.08 bits per heavy atom. The minimum Gasteiger partial charge on any atom is -0.477 e. The number of halogens is 3. The maximum atomic E-state index is 12.7. The van der Waals surface area contributed by atoms with E-state index >= 15 is 0 Å². The molecule has 0 aromatic carbocycles. The largest absolute Gasteiger partial charge is 0.477 e. The maximum absolute atomic E-state index is 12.7. The van der Waals surface area contributed by atoms with Gasteiger partial charge in [-0.15, -0.1) is 0 Å². The van der Waals surface area contributed by atoms with Gasteiger partial charge in [-0.25, -0.2) is 9.18 Å². The highest BCUT2D eigenvalue weighted by atomic mass is 19.3. The Labute approximate surface area is 70.8 Å². The van der Waals surface area contributed by atoms with Crippen LogP contribution in [0.3, 0.4) is 0 Å². The molecule has 0 atom stereocenters. The molecule has 0 saturated carbocycles. The summed E-state index contributed by atoms with van der Waals surface area (Å²) < 4.78 is 37.7. The van der Waals surface area contributed by atoms with E-state index in [-0.39, 0.29) is 0 Å². The average molecular weight is 191 g/mol. The van der Waals surface area contributed by atoms with Gasteiger partial charge >= 0.3 is 11.9 Å². The van der Waals surface area contributed by atoms with Crippen LogP contribution in [0.4, 0.5) is 13.2 Å². The first-order valence-electron chi connectivity index (χ1n) is 3.17. The van der Waals surface area contributed by atoms with E-state index in [0.29, 0.717) is 18.5 Å². The smallest absolute Gasteiger partial charge is 0.379 e. The zero-order valence-corrected chi connectivity index (χ0v) is 6.17. The van der Waals surface area contributed by atoms with Gasteiger partial charge in [-0.2, -0.15) is 8.78 Å². The summed E-state index contributed by atoms with van der Waals surface area (Å²) in [5.74, 6) is -7.44. The molecule has 0 aliphatic heterocycles. The molecular formula is C7H4F3NO2. The molecule has 1 heterocycles. The van der Waals surface area contributed by atoms with Crippen molar-refractivity contribution in [1.82, 2.24) is 4.98 Å². The molecule has 1 N–H and O–H groups in total. The van der Waals surface area contributed by atoms with Crippen molar-refractivity contribution in [2.45, 2.75) is 5.92 Å². The van der Waals surface area contributed by atoms with Crippen molar-refractivity contribution >= 4 is 5.97 Å². The van der Waals surface area contributed by atoms with E-state index in [4.69, 9.17) is 5.11 Å². The lowest BCUT2D eigenvalue weighted by Crippen LogP contribution is -2.25. The predicted octanol–water partition coefficient (Wildman–Crippen LogP) is 1.40. The number of hydrogen-bond donors (Lipinski definition) is 1. The van der Waals surface area contributed by atoms with Crippen LogP contribution in [0, 0.1) is 5.82 Å². The van der Waals surface area contributed by atoms with E-state index in [2.05, 4.69) is 4.98 Å². The number of alkyl halides is 2. The SMILES string of the molecule is O=C(O)C(F)(F)c1cncc(F)c1. The number of hydrogen-bond acceptors (Lipinski definition) is 2. The average Bonchev–Trinajstić information content (AvgIpc) is 2.04. The fourth-order valence-electron chi connectivity index (χ4n) is 0.707. The number of aromatic nitrogens is 1. The molecule has 13 heavy (non-hydrogen) atoms. The lowest BCUT2D eigenvalue weighted by molar-refractivity contribution is -0.166. The Bertz CT molecular complexity index is 340. The summed E-state index contributed by atoms with van der Waals surface area (Å²) in [4.78, 5) is 13.1. The fourth-order valence-corrected chi connectivity index (χ4v) is 0.707. The quantitative estimate of drug-likeness (QED) is 0.768. The van der Waals surface area contributed by atoms with Crippen LogP contribution in [-0.2, 0) is 10.7 Å². The third-order valence-corrected chi connectivity index (χ3v) is 1.34. The van der Waals surface area contributed by atoms with Gasteiger partial charge in [0.2, 0.25) is 0 Å². The molecular weight excluding hydrogens is 187 g/mol. The molecule has 0 aliphatic rings. The molecule has 0 amide bonds. The van der Waals surface area contributed by atoms with Crippen molar-refractivity contribution in [3.63, 3.8) is 0 Å². The molecule has 0 radical (unpaired) electrons. The Hall–Kier alpha value is -1.59. The maximum Gasteiger partial charge on any atom is 0.379 e. The van der Waals surface area contributed by atoms with Crippen molar-refractivity contribution in [1.29, 1.82) is 0 Å². The molecule has 0 fully saturated rings. The summed E-state index contributed by atoms with van der Waals surface area (Å²) in [5, 5.41) is 8.09. The van der Waals surface area contributed by atoms with Crippen LogP contribution in [0.25, 0.3) is 0 Å². The van der Waals surface area contributed by atoms with Gasteiger partial charge in [-0.1, -0.05) is 0 Å². The highest BCUT2D eigenvalue weighted by Gasteiger charge is 2.41. The lowest BCUT2D eigenvalue weighted by Gasteiger charge is -2.09. The van der Waals surface area contributed by atoms with Crippen molar-refractivity contribution in [2.75, 3.05) is 0 Å². The first-order valence-corrected chi connectivity index (χ1v) is 3.17. The fraction of sp³-hybridized carbons (Fsp3) is 0.143. The van der Waals surface area contributed by atoms with E-state index < -0.39 is 23.3 Å². The van der Waals surface area contributed by atoms with Crippen LogP contribution >= 0.6 is 0 Å². The van der Waals surface area contributed by atoms with E-state index in [1.54, 1.807) is 0 Å². The summed E-state index contributed by atoms with van der Waals surface area (Å²) >= 11 is 0. The first-order chi connectivity index (χ1) is 5.94. The lowest BCUT2D eigenvalue weighted by atomic mass is 10.1. The van der Waals surface area contributed by atoms with Crippen LogP contribution in [0.15, 0.2) is 18.5 Å². The highest BCUT2D eigenvalue weighted by Crippen LogP contribution is 2.27. The Kier molecular flexibility index (Phi) is 2.22. The normalized spacial score (nSPS) is 11.3. The molecule has 70 valence electrons. The van der Waals surface area contributed by atoms with Crippen molar-refractivity contribution in [2.24, 2.45) is 0 Å². The number of aliphatic carboxylic acids is 1. The van der Waals surface area contributed by atoms with Crippen molar-refractivity contribution in [3.8, 4) is 0 Å². The van der Waals surface area contributed by atoms with E-state index in [1.165, 1.54) is 0 Å². The van der Waals surface area contributed by atoms with E-state index in [0.717, 1.165) is 0 Å². The minimum absolute atomic E-state index is 0.432. The molecule has 1 rings (SSSR count). The monoisotopic (exact) mass is 191 g/mol. The van der Waals surface area contributed by atoms with Gasteiger partial charge in [0.1, 0.15) is 5.82 Å². The zero-order chi connectivity index (χ0) is 10.1. The molecule has 6 heteroatoms. The Morgan fingerprint density at radius 3 is 2.54 bits per heavy atom. The number of carbonyl (C=O) groups is 1. The predicted molar refractivity (Wildman–Crippen MR) is 35.7 cm³/mol. The first kappa shape index (κ1) is 9.50. The molecule has 0 unspecified atom stereocenters. The second-order valence-corrected chi connectivity index (χ2v) is 2.27. The minimum atomic E-state index is -4.10. The zero-order valence-electron chi connectivity index (χ0n) is 6.17. The van der Waals surface area contributed by atoms with Crippen LogP contribution < -0.4 is 0 Å². The molecule has 0 aliphatic carbocycles. The van der Waals surface area contributed by atoms with Gasteiger partial charge in [0.25, 0.3) is 0 Å². The van der Waals surface area contributed by atoms with Crippen LogP contribution in [0.5, 0.6) is 0 Å². The Morgan fingerprint density at radius 1 is 1.46 bits per heavy atom. The number of pyridine rings is 1. The van der Waals surface area contributed by atoms with Gasteiger partial charge < -0.3 is 5.11 Å². The molecule has 0 bridgehead atoms. The second-order valence-electron chi connectivity index (χ2n) is 2.27. The number of carboxylic acid groups (broad SMARTS) is 1. The van der Waals surface area contributed by atoms with E-state index in [9.17, 15) is 18.0 Å². The topological polar surface area (TPSA) is 50.2 Å². The van der Waals surface area contributed by atoms with Gasteiger partial charge in [-0.05, 0) is 6.07 Å². The summed E-state index contributed by atoms with van der Waals surface area (Å²) in [7, 11) is 0. The molecule has 0 spiro atoms. The standard InChI is InChI=1S/C7H4F3NO2/c8-5-1-4(2-11-3-5)7(9,10)6(12)13/h1-3H,(H,12,13). The van der Waals surface area contributed by atoms with Crippen molar-refractivity contribution < 1.29 is 23.1 Å². The van der Waals surface area contributed by atoms with Crippen LogP contribution in [0.1, 0.15) is 5.56 Å². The molecule has 0 saturated heterocycles. The number of nitrogens with zero attached hydrogens (tertiary/aromatic N) is 1. The molecule has 1 aromatic rings. The van der Waals surface area contributed by atoms with Gasteiger partial charge in [0.05, 0.1) is 11.8 Å². The number of carboxylic acids is 1. The third kappa shape index (κ3) is 1.77. The second kappa shape index (κ2) is 3.04. The van der Waals surface area contributed by atoms with Gasteiger partial charge in [-0.3, -0.25) is 4.98 Å². The van der Waals surface area contributed by atoms with Crippen LogP contribution in [-0.4, -0.2) is 16.1 Å². The third-order valence-electron chi connectivity index (χ3n) is 1.34. The summed E-state index contributed by atoms with van der Waals surface area (Å²) in [6, 6.07) is 0.432. The Balaban J connectivity index is 3.14. The van der Waals surface area contributed by atoms with E-state index in [1.807, 2.05) is 0 Å². The summed E-state index contributed by atoms with van der Waals surface area (Å²) in [5.41, 5.74) is -0.972. The summed E-state index contributed by atoms with van der Waals surface area (Å²) in [6.45, 7) is 0. The number of rotatable bonds is 2.